The van der Waals surface area contributed by atoms with Gasteiger partial charge in [0, 0.05) is 6.61 Å². The number of benzene rings is 1. The molecule has 1 aromatic carbocycles. The van der Waals surface area contributed by atoms with Crippen LogP contribution in [0.4, 0.5) is 0 Å². The third-order valence-corrected chi connectivity index (χ3v) is 3.14. The first kappa shape index (κ1) is 17.0. The molecule has 3 nitrogen and oxygen atoms in total. The molecule has 0 saturated heterocycles. The largest absolute Gasteiger partial charge is 0.491 e. The Morgan fingerprint density at radius 2 is 1.85 bits per heavy atom. The highest BCUT2D eigenvalue weighted by molar-refractivity contribution is 5.31. The lowest BCUT2D eigenvalue weighted by Crippen LogP contribution is -2.39. The van der Waals surface area contributed by atoms with Crippen LogP contribution in [0.3, 0.4) is 0 Å². The van der Waals surface area contributed by atoms with Crippen LogP contribution in [0.15, 0.2) is 24.3 Å². The van der Waals surface area contributed by atoms with Crippen LogP contribution in [0.25, 0.3) is 0 Å². The maximum absolute atomic E-state index is 6.43. The smallest absolute Gasteiger partial charge is 0.120 e. The minimum absolute atomic E-state index is 0.00959. The zero-order chi connectivity index (χ0) is 15.3. The lowest BCUT2D eigenvalue weighted by atomic mass is 9.82. The van der Waals surface area contributed by atoms with Crippen molar-refractivity contribution in [3.63, 3.8) is 0 Å². The van der Waals surface area contributed by atoms with Crippen molar-refractivity contribution in [1.29, 1.82) is 0 Å². The molecule has 0 aliphatic carbocycles. The Morgan fingerprint density at radius 1 is 1.20 bits per heavy atom. The Hall–Kier alpha value is -1.06. The Bertz CT molecular complexity index is 410. The first-order valence-corrected chi connectivity index (χ1v) is 7.39. The van der Waals surface area contributed by atoms with Gasteiger partial charge in [0.05, 0.1) is 18.2 Å². The highest BCUT2D eigenvalue weighted by Gasteiger charge is 2.31. The summed E-state index contributed by atoms with van der Waals surface area (Å²) in [4.78, 5) is 0. The van der Waals surface area contributed by atoms with Crippen LogP contribution in [-0.2, 0) is 4.74 Å². The van der Waals surface area contributed by atoms with E-state index in [1.807, 2.05) is 45.0 Å². The summed E-state index contributed by atoms with van der Waals surface area (Å²) >= 11 is 0. The van der Waals surface area contributed by atoms with Gasteiger partial charge in [-0.25, -0.2) is 0 Å². The number of hydrogen-bond acceptors (Lipinski definition) is 3. The van der Waals surface area contributed by atoms with Crippen molar-refractivity contribution >= 4 is 0 Å². The molecule has 0 fully saturated rings. The summed E-state index contributed by atoms with van der Waals surface area (Å²) in [6.45, 7) is 13.2. The summed E-state index contributed by atoms with van der Waals surface area (Å²) in [5, 5.41) is 0. The second-order valence-electron chi connectivity index (χ2n) is 6.51. The average molecular weight is 279 g/mol. The van der Waals surface area contributed by atoms with E-state index in [2.05, 4.69) is 20.8 Å². The Morgan fingerprint density at radius 3 is 2.35 bits per heavy atom. The summed E-state index contributed by atoms with van der Waals surface area (Å²) in [7, 11) is 0. The van der Waals surface area contributed by atoms with E-state index >= 15 is 0 Å². The topological polar surface area (TPSA) is 44.5 Å². The first-order valence-electron chi connectivity index (χ1n) is 7.39. The third kappa shape index (κ3) is 4.80. The molecule has 1 aromatic rings. The molecule has 2 atom stereocenters. The van der Waals surface area contributed by atoms with Crippen LogP contribution < -0.4 is 10.5 Å². The minimum Gasteiger partial charge on any atom is -0.491 e. The zero-order valence-electron chi connectivity index (χ0n) is 13.6. The molecule has 2 unspecified atom stereocenters. The van der Waals surface area contributed by atoms with Gasteiger partial charge in [0.15, 0.2) is 0 Å². The molecule has 0 heterocycles. The highest BCUT2D eigenvalue weighted by Crippen LogP contribution is 2.32. The van der Waals surface area contributed by atoms with Crippen molar-refractivity contribution in [1.82, 2.24) is 0 Å². The SMILES string of the molecule is CCOC(C(N)c1cccc(OC(C)C)c1)C(C)(C)C. The fourth-order valence-corrected chi connectivity index (χ4v) is 2.31. The van der Waals surface area contributed by atoms with E-state index in [1.165, 1.54) is 0 Å². The van der Waals surface area contributed by atoms with E-state index in [0.29, 0.717) is 6.61 Å². The molecule has 0 saturated carbocycles. The van der Waals surface area contributed by atoms with Gasteiger partial charge >= 0.3 is 0 Å². The Balaban J connectivity index is 2.96. The van der Waals surface area contributed by atoms with E-state index in [-0.39, 0.29) is 23.7 Å². The predicted octanol–water partition coefficient (Wildman–Crippen LogP) is 3.92. The molecule has 1 rings (SSSR count). The van der Waals surface area contributed by atoms with Crippen LogP contribution >= 0.6 is 0 Å². The molecule has 0 aliphatic rings. The van der Waals surface area contributed by atoms with Gasteiger partial charge in [0.2, 0.25) is 0 Å². The van der Waals surface area contributed by atoms with Gasteiger partial charge in [-0.3, -0.25) is 0 Å². The number of hydrogen-bond donors (Lipinski definition) is 1. The molecule has 114 valence electrons. The van der Waals surface area contributed by atoms with Gasteiger partial charge < -0.3 is 15.2 Å². The van der Waals surface area contributed by atoms with Crippen LogP contribution in [0, 0.1) is 5.41 Å². The van der Waals surface area contributed by atoms with Gasteiger partial charge in [-0.1, -0.05) is 32.9 Å². The monoisotopic (exact) mass is 279 g/mol. The Labute approximate surface area is 123 Å². The predicted molar refractivity (Wildman–Crippen MR) is 84.0 cm³/mol. The standard InChI is InChI=1S/C17H29NO2/c1-7-19-16(17(4,5)6)15(18)13-9-8-10-14(11-13)20-12(2)3/h8-12,15-16H,7,18H2,1-6H3. The lowest BCUT2D eigenvalue weighted by Gasteiger charge is -2.35. The number of rotatable bonds is 6. The van der Waals surface area contributed by atoms with E-state index in [1.54, 1.807) is 0 Å². The van der Waals surface area contributed by atoms with Crippen molar-refractivity contribution in [3.05, 3.63) is 29.8 Å². The van der Waals surface area contributed by atoms with Gasteiger partial charge in [0.1, 0.15) is 5.75 Å². The summed E-state index contributed by atoms with van der Waals surface area (Å²) in [5.41, 5.74) is 7.47. The van der Waals surface area contributed by atoms with Crippen LogP contribution in [0.2, 0.25) is 0 Å². The second kappa shape index (κ2) is 7.09. The van der Waals surface area contributed by atoms with Crippen molar-refractivity contribution < 1.29 is 9.47 Å². The highest BCUT2D eigenvalue weighted by atomic mass is 16.5. The molecule has 0 aliphatic heterocycles. The molecule has 0 bridgehead atoms. The molecule has 0 amide bonds. The van der Waals surface area contributed by atoms with E-state index < -0.39 is 0 Å². The molecule has 0 radical (unpaired) electrons. The summed E-state index contributed by atoms with van der Waals surface area (Å²) in [5.74, 6) is 0.858. The fourth-order valence-electron chi connectivity index (χ4n) is 2.31. The van der Waals surface area contributed by atoms with E-state index in [0.717, 1.165) is 11.3 Å². The summed E-state index contributed by atoms with van der Waals surface area (Å²) in [6, 6.07) is 7.84. The minimum atomic E-state index is -0.161. The first-order chi connectivity index (χ1) is 9.25. The van der Waals surface area contributed by atoms with Crippen molar-refractivity contribution in [2.45, 2.75) is 59.8 Å². The summed E-state index contributed by atoms with van der Waals surface area (Å²) < 4.78 is 11.6. The number of nitrogens with two attached hydrogens (primary N) is 1. The average Bonchev–Trinajstić information content (AvgIpc) is 2.33. The van der Waals surface area contributed by atoms with Crippen molar-refractivity contribution in [2.75, 3.05) is 6.61 Å². The normalized spacial score (nSPS) is 15.2. The zero-order valence-corrected chi connectivity index (χ0v) is 13.6. The molecule has 2 N–H and O–H groups in total. The van der Waals surface area contributed by atoms with E-state index in [4.69, 9.17) is 15.2 Å². The van der Waals surface area contributed by atoms with E-state index in [9.17, 15) is 0 Å². The molecular formula is C17H29NO2. The van der Waals surface area contributed by atoms with Gasteiger partial charge in [-0.15, -0.1) is 0 Å². The van der Waals surface area contributed by atoms with Gasteiger partial charge in [-0.2, -0.15) is 0 Å². The Kier molecular flexibility index (Phi) is 6.03. The van der Waals surface area contributed by atoms with Crippen LogP contribution in [-0.4, -0.2) is 18.8 Å². The molecule has 0 spiro atoms. The second-order valence-corrected chi connectivity index (χ2v) is 6.51. The molecule has 3 heteroatoms. The molecule has 0 aromatic heterocycles. The summed E-state index contributed by atoms with van der Waals surface area (Å²) in [6.07, 6.45) is 0.133. The van der Waals surface area contributed by atoms with Crippen molar-refractivity contribution in [3.8, 4) is 5.75 Å². The molecular weight excluding hydrogens is 250 g/mol. The maximum Gasteiger partial charge on any atom is 0.120 e. The lowest BCUT2D eigenvalue weighted by molar-refractivity contribution is -0.0283. The third-order valence-electron chi connectivity index (χ3n) is 3.14. The number of ether oxygens (including phenoxy) is 2. The van der Waals surface area contributed by atoms with Crippen LogP contribution in [0.5, 0.6) is 5.75 Å². The quantitative estimate of drug-likeness (QED) is 0.858. The van der Waals surface area contributed by atoms with Gasteiger partial charge in [-0.05, 0) is 43.9 Å². The fraction of sp³-hybridized carbons (Fsp3) is 0.647. The maximum atomic E-state index is 6.43. The van der Waals surface area contributed by atoms with Crippen LogP contribution in [0.1, 0.15) is 53.1 Å². The molecule has 20 heavy (non-hydrogen) atoms. The van der Waals surface area contributed by atoms with Gasteiger partial charge in [0.25, 0.3) is 0 Å². The van der Waals surface area contributed by atoms with Crippen molar-refractivity contribution in [2.24, 2.45) is 11.1 Å².